The number of imide groups is 1. The summed E-state index contributed by atoms with van der Waals surface area (Å²) in [5.41, 5.74) is -0.272. The van der Waals surface area contributed by atoms with Crippen LogP contribution in [0, 0.1) is 11.8 Å². The molecule has 1 heterocycles. The van der Waals surface area contributed by atoms with Crippen LogP contribution in [-0.2, 0) is 16.0 Å². The van der Waals surface area contributed by atoms with E-state index in [9.17, 15) is 19.5 Å². The van der Waals surface area contributed by atoms with E-state index < -0.39 is 35.3 Å². The molecule has 1 saturated carbocycles. The lowest BCUT2D eigenvalue weighted by Crippen LogP contribution is -2.50. The number of carbonyl (C=O) groups excluding carboxylic acids is 2. The monoisotopic (exact) mass is 348 g/mol. The molecule has 0 bridgehead atoms. The van der Waals surface area contributed by atoms with Gasteiger partial charge in [0.2, 0.25) is 0 Å². The molecule has 1 aliphatic carbocycles. The van der Waals surface area contributed by atoms with Crippen molar-refractivity contribution in [2.45, 2.75) is 24.8 Å². The van der Waals surface area contributed by atoms with Gasteiger partial charge in [-0.2, -0.15) is 0 Å². The van der Waals surface area contributed by atoms with Crippen LogP contribution in [0.3, 0.4) is 0 Å². The summed E-state index contributed by atoms with van der Waals surface area (Å²) in [5, 5.41) is 14.1. The number of carboxylic acids is 1. The number of urea groups is 1. The van der Waals surface area contributed by atoms with E-state index in [0.717, 1.165) is 5.56 Å². The molecule has 2 fully saturated rings. The molecule has 1 saturated heterocycles. The van der Waals surface area contributed by atoms with Gasteiger partial charge in [0.25, 0.3) is 5.91 Å². The number of hydrogen-bond donors (Lipinski definition) is 3. The molecule has 0 aromatic heterocycles. The standard InChI is InChI=1S/C17H20N2O6/c1-24-12-4-3-9(7-13(12)25-2)5-6-17(11-8-10(11)14(20)21)15(22)18-16(23)19-17/h3-4,7,10-11H,5-6,8H2,1-2H3,(H,20,21)(H2,18,19,22,23). The Morgan fingerprint density at radius 3 is 2.52 bits per heavy atom. The number of carbonyl (C=O) groups is 3. The SMILES string of the molecule is COc1ccc(CCC2(C3CC3C(=O)O)NC(=O)NC2=O)cc1OC. The highest BCUT2D eigenvalue weighted by Gasteiger charge is 2.62. The maximum Gasteiger partial charge on any atom is 0.322 e. The number of ether oxygens (including phenoxy) is 2. The smallest absolute Gasteiger partial charge is 0.322 e. The third-order valence-corrected chi connectivity index (χ3v) is 4.97. The van der Waals surface area contributed by atoms with E-state index in [1.165, 1.54) is 7.11 Å². The predicted octanol–water partition coefficient (Wildman–Crippen LogP) is 0.935. The second-order valence-corrected chi connectivity index (χ2v) is 6.36. The Hall–Kier alpha value is -2.77. The van der Waals surface area contributed by atoms with Crippen LogP contribution in [0.1, 0.15) is 18.4 Å². The van der Waals surface area contributed by atoms with Crippen LogP contribution >= 0.6 is 0 Å². The van der Waals surface area contributed by atoms with Crippen LogP contribution in [0.4, 0.5) is 4.79 Å². The summed E-state index contributed by atoms with van der Waals surface area (Å²) in [5.74, 6) is -1.22. The van der Waals surface area contributed by atoms with Crippen LogP contribution in [0.2, 0.25) is 0 Å². The minimum absolute atomic E-state index is 0.314. The van der Waals surface area contributed by atoms with Crippen molar-refractivity contribution in [1.29, 1.82) is 0 Å². The predicted molar refractivity (Wildman–Crippen MR) is 86.5 cm³/mol. The highest BCUT2D eigenvalue weighted by atomic mass is 16.5. The molecule has 3 amide bonds. The largest absolute Gasteiger partial charge is 0.493 e. The maximum atomic E-state index is 12.4. The summed E-state index contributed by atoms with van der Waals surface area (Å²) in [7, 11) is 3.08. The minimum Gasteiger partial charge on any atom is -0.493 e. The van der Waals surface area contributed by atoms with Gasteiger partial charge in [-0.1, -0.05) is 6.07 Å². The normalized spacial score (nSPS) is 27.4. The highest BCUT2D eigenvalue weighted by Crippen LogP contribution is 2.49. The van der Waals surface area contributed by atoms with Crippen molar-refractivity contribution in [3.05, 3.63) is 23.8 Å². The quantitative estimate of drug-likeness (QED) is 0.632. The van der Waals surface area contributed by atoms with Crippen LogP contribution in [0.15, 0.2) is 18.2 Å². The first-order valence-electron chi connectivity index (χ1n) is 7.98. The topological polar surface area (TPSA) is 114 Å². The summed E-state index contributed by atoms with van der Waals surface area (Å²) in [6.07, 6.45) is 1.18. The zero-order valence-electron chi connectivity index (χ0n) is 14.0. The number of benzene rings is 1. The first kappa shape index (κ1) is 17.1. The molecule has 0 spiro atoms. The van der Waals surface area contributed by atoms with E-state index in [1.54, 1.807) is 13.2 Å². The Morgan fingerprint density at radius 2 is 2.00 bits per heavy atom. The molecule has 8 heteroatoms. The van der Waals surface area contributed by atoms with Crippen molar-refractivity contribution >= 4 is 17.9 Å². The average molecular weight is 348 g/mol. The van der Waals surface area contributed by atoms with E-state index in [-0.39, 0.29) is 0 Å². The lowest BCUT2D eigenvalue weighted by molar-refractivity contribution is -0.139. The van der Waals surface area contributed by atoms with Crippen molar-refractivity contribution in [3.8, 4) is 11.5 Å². The molecule has 2 aliphatic rings. The van der Waals surface area contributed by atoms with Crippen molar-refractivity contribution in [3.63, 3.8) is 0 Å². The summed E-state index contributed by atoms with van der Waals surface area (Å²) >= 11 is 0. The van der Waals surface area contributed by atoms with Gasteiger partial charge in [0.05, 0.1) is 20.1 Å². The molecule has 134 valence electrons. The average Bonchev–Trinajstić information content (AvgIpc) is 3.34. The summed E-state index contributed by atoms with van der Waals surface area (Å²) in [6.45, 7) is 0. The van der Waals surface area contributed by atoms with E-state index >= 15 is 0 Å². The number of hydrogen-bond acceptors (Lipinski definition) is 5. The second kappa shape index (κ2) is 6.27. The first-order chi connectivity index (χ1) is 11.9. The Morgan fingerprint density at radius 1 is 1.28 bits per heavy atom. The highest BCUT2D eigenvalue weighted by molar-refractivity contribution is 6.07. The number of carboxylic acid groups (broad SMARTS) is 1. The van der Waals surface area contributed by atoms with Gasteiger partial charge in [-0.15, -0.1) is 0 Å². The third kappa shape index (κ3) is 2.99. The maximum absolute atomic E-state index is 12.4. The molecular weight excluding hydrogens is 328 g/mol. The van der Waals surface area contributed by atoms with E-state index in [2.05, 4.69) is 10.6 Å². The van der Waals surface area contributed by atoms with Gasteiger partial charge >= 0.3 is 12.0 Å². The molecule has 3 atom stereocenters. The molecule has 8 nitrogen and oxygen atoms in total. The third-order valence-electron chi connectivity index (χ3n) is 4.97. The van der Waals surface area contributed by atoms with E-state index in [0.29, 0.717) is 30.8 Å². The zero-order valence-corrected chi connectivity index (χ0v) is 14.0. The molecule has 3 unspecified atom stereocenters. The van der Waals surface area contributed by atoms with Crippen LogP contribution < -0.4 is 20.1 Å². The van der Waals surface area contributed by atoms with Gasteiger partial charge in [-0.25, -0.2) is 4.79 Å². The molecule has 3 N–H and O–H groups in total. The van der Waals surface area contributed by atoms with E-state index in [1.807, 2.05) is 12.1 Å². The van der Waals surface area contributed by atoms with Crippen molar-refractivity contribution in [2.24, 2.45) is 11.8 Å². The number of rotatable bonds is 7. The number of nitrogens with one attached hydrogen (secondary N) is 2. The van der Waals surface area contributed by atoms with Crippen molar-refractivity contribution < 1.29 is 29.0 Å². The van der Waals surface area contributed by atoms with Crippen LogP contribution in [-0.4, -0.2) is 42.8 Å². The lowest BCUT2D eigenvalue weighted by Gasteiger charge is -2.26. The van der Waals surface area contributed by atoms with Crippen LogP contribution in [0.25, 0.3) is 0 Å². The van der Waals surface area contributed by atoms with Gasteiger partial charge in [-0.05, 0) is 37.0 Å². The number of aliphatic carboxylic acids is 1. The Bertz CT molecular complexity index is 734. The molecular formula is C17H20N2O6. The van der Waals surface area contributed by atoms with Gasteiger partial charge < -0.3 is 19.9 Å². The van der Waals surface area contributed by atoms with Gasteiger partial charge in [0.15, 0.2) is 11.5 Å². The molecule has 0 radical (unpaired) electrons. The molecule has 1 aromatic rings. The Kier molecular flexibility index (Phi) is 4.28. The summed E-state index contributed by atoms with van der Waals surface area (Å²) in [4.78, 5) is 35.2. The molecule has 1 aromatic carbocycles. The lowest BCUT2D eigenvalue weighted by atomic mass is 9.85. The Labute approximate surface area is 144 Å². The molecule has 3 rings (SSSR count). The number of aryl methyl sites for hydroxylation is 1. The second-order valence-electron chi connectivity index (χ2n) is 6.36. The molecule has 25 heavy (non-hydrogen) atoms. The number of methoxy groups -OCH3 is 2. The van der Waals surface area contributed by atoms with E-state index in [4.69, 9.17) is 9.47 Å². The first-order valence-corrected chi connectivity index (χ1v) is 7.98. The Balaban J connectivity index is 1.80. The fraction of sp³-hybridized carbons (Fsp3) is 0.471. The van der Waals surface area contributed by atoms with Crippen LogP contribution in [0.5, 0.6) is 11.5 Å². The van der Waals surface area contributed by atoms with Gasteiger partial charge in [0, 0.05) is 5.92 Å². The zero-order chi connectivity index (χ0) is 18.2. The van der Waals surface area contributed by atoms with Gasteiger partial charge in [0.1, 0.15) is 5.54 Å². The van der Waals surface area contributed by atoms with Crippen molar-refractivity contribution in [2.75, 3.05) is 14.2 Å². The fourth-order valence-corrected chi connectivity index (χ4v) is 3.52. The fourth-order valence-electron chi connectivity index (χ4n) is 3.52. The number of amides is 3. The van der Waals surface area contributed by atoms with Crippen molar-refractivity contribution in [1.82, 2.24) is 10.6 Å². The van der Waals surface area contributed by atoms with Gasteiger partial charge in [-0.3, -0.25) is 14.9 Å². The summed E-state index contributed by atoms with van der Waals surface area (Å²) < 4.78 is 10.5. The minimum atomic E-state index is -1.17. The summed E-state index contributed by atoms with van der Waals surface area (Å²) in [6, 6.07) is 4.85. The molecule has 1 aliphatic heterocycles.